The van der Waals surface area contributed by atoms with Crippen LogP contribution in [0.5, 0.6) is 11.5 Å². The third-order valence-corrected chi connectivity index (χ3v) is 3.88. The van der Waals surface area contributed by atoms with Crippen LogP contribution < -0.4 is 14.8 Å². The SMILES string of the molecule is CCOCCOC(=O)c1ccc(NC(=O)OCc2cc(OC)ccc2OC)cc1. The molecule has 8 nitrogen and oxygen atoms in total. The lowest BCUT2D eigenvalue weighted by Crippen LogP contribution is -2.14. The van der Waals surface area contributed by atoms with E-state index in [2.05, 4.69) is 5.32 Å². The van der Waals surface area contributed by atoms with E-state index in [1.54, 1.807) is 49.6 Å². The van der Waals surface area contributed by atoms with Crippen LogP contribution in [0.4, 0.5) is 10.5 Å². The molecule has 156 valence electrons. The molecule has 0 aromatic heterocycles. The van der Waals surface area contributed by atoms with Crippen molar-refractivity contribution in [3.63, 3.8) is 0 Å². The molecule has 0 aliphatic carbocycles. The van der Waals surface area contributed by atoms with E-state index in [0.29, 0.717) is 41.5 Å². The highest BCUT2D eigenvalue weighted by atomic mass is 16.6. The number of hydrogen-bond donors (Lipinski definition) is 1. The fraction of sp³-hybridized carbons (Fsp3) is 0.333. The summed E-state index contributed by atoms with van der Waals surface area (Å²) in [7, 11) is 3.09. The highest BCUT2D eigenvalue weighted by Crippen LogP contribution is 2.24. The Balaban J connectivity index is 1.86. The molecule has 29 heavy (non-hydrogen) atoms. The van der Waals surface area contributed by atoms with Crippen LogP contribution in [0.15, 0.2) is 42.5 Å². The normalized spacial score (nSPS) is 10.2. The predicted octanol–water partition coefficient (Wildman–Crippen LogP) is 3.65. The average molecular weight is 403 g/mol. The summed E-state index contributed by atoms with van der Waals surface area (Å²) in [4.78, 5) is 24.0. The molecule has 1 N–H and O–H groups in total. The van der Waals surface area contributed by atoms with Gasteiger partial charge in [0.25, 0.3) is 0 Å². The Morgan fingerprint density at radius 1 is 0.931 bits per heavy atom. The van der Waals surface area contributed by atoms with Gasteiger partial charge in [0.1, 0.15) is 24.7 Å². The molecule has 0 atom stereocenters. The van der Waals surface area contributed by atoms with Crippen molar-refractivity contribution in [2.24, 2.45) is 0 Å². The number of amides is 1. The van der Waals surface area contributed by atoms with Crippen LogP contribution in [0, 0.1) is 0 Å². The number of hydrogen-bond acceptors (Lipinski definition) is 7. The van der Waals surface area contributed by atoms with E-state index in [1.807, 2.05) is 6.92 Å². The van der Waals surface area contributed by atoms with Crippen LogP contribution in [0.3, 0.4) is 0 Å². The lowest BCUT2D eigenvalue weighted by atomic mass is 10.2. The van der Waals surface area contributed by atoms with E-state index in [9.17, 15) is 9.59 Å². The van der Waals surface area contributed by atoms with Crippen LogP contribution in [-0.4, -0.2) is 46.1 Å². The van der Waals surface area contributed by atoms with E-state index in [4.69, 9.17) is 23.7 Å². The number of carbonyl (C=O) groups excluding carboxylic acids is 2. The number of carbonyl (C=O) groups is 2. The van der Waals surface area contributed by atoms with Crippen molar-refractivity contribution in [2.45, 2.75) is 13.5 Å². The van der Waals surface area contributed by atoms with Crippen LogP contribution in [0.25, 0.3) is 0 Å². The maximum atomic E-state index is 12.1. The quantitative estimate of drug-likeness (QED) is 0.478. The summed E-state index contributed by atoms with van der Waals surface area (Å²) in [5.74, 6) is 0.767. The molecule has 0 bridgehead atoms. The molecule has 8 heteroatoms. The maximum absolute atomic E-state index is 12.1. The molecule has 2 aromatic rings. The van der Waals surface area contributed by atoms with Gasteiger partial charge in [0.05, 0.1) is 26.4 Å². The molecule has 0 aliphatic heterocycles. The summed E-state index contributed by atoms with van der Waals surface area (Å²) in [6.45, 7) is 2.99. The first-order chi connectivity index (χ1) is 14.1. The number of methoxy groups -OCH3 is 2. The van der Waals surface area contributed by atoms with Crippen molar-refractivity contribution >= 4 is 17.7 Å². The number of esters is 1. The summed E-state index contributed by atoms with van der Waals surface area (Å²) in [5.41, 5.74) is 1.53. The molecule has 0 heterocycles. The smallest absolute Gasteiger partial charge is 0.411 e. The van der Waals surface area contributed by atoms with Gasteiger partial charge in [-0.3, -0.25) is 5.32 Å². The van der Waals surface area contributed by atoms with Gasteiger partial charge < -0.3 is 23.7 Å². The van der Waals surface area contributed by atoms with Gasteiger partial charge in [-0.2, -0.15) is 0 Å². The molecule has 0 saturated heterocycles. The van der Waals surface area contributed by atoms with Crippen molar-refractivity contribution in [2.75, 3.05) is 39.4 Å². The summed E-state index contributed by atoms with van der Waals surface area (Å²) in [6.07, 6.45) is -0.637. The molecule has 1 amide bonds. The third-order valence-electron chi connectivity index (χ3n) is 3.88. The summed E-state index contributed by atoms with van der Waals surface area (Å²) < 4.78 is 25.9. The largest absolute Gasteiger partial charge is 0.497 e. The third kappa shape index (κ3) is 7.00. The highest BCUT2D eigenvalue weighted by Gasteiger charge is 2.11. The molecule has 2 aromatic carbocycles. The molecule has 0 unspecified atom stereocenters. The maximum Gasteiger partial charge on any atom is 0.411 e. The Bertz CT molecular complexity index is 805. The zero-order valence-electron chi connectivity index (χ0n) is 16.7. The number of anilines is 1. The Morgan fingerprint density at radius 2 is 1.69 bits per heavy atom. The summed E-state index contributed by atoms with van der Waals surface area (Å²) in [6, 6.07) is 11.5. The second-order valence-corrected chi connectivity index (χ2v) is 5.79. The Labute approximate surface area is 169 Å². The van der Waals surface area contributed by atoms with Gasteiger partial charge in [-0.05, 0) is 49.4 Å². The first kappa shape index (κ1) is 22.0. The predicted molar refractivity (Wildman–Crippen MR) is 107 cm³/mol. The topological polar surface area (TPSA) is 92.3 Å². The monoisotopic (exact) mass is 403 g/mol. The van der Waals surface area contributed by atoms with Crippen molar-refractivity contribution < 1.29 is 33.3 Å². The van der Waals surface area contributed by atoms with Gasteiger partial charge >= 0.3 is 12.1 Å². The number of benzene rings is 2. The van der Waals surface area contributed by atoms with E-state index < -0.39 is 12.1 Å². The fourth-order valence-corrected chi connectivity index (χ4v) is 2.40. The van der Waals surface area contributed by atoms with Crippen LogP contribution >= 0.6 is 0 Å². The molecule has 0 radical (unpaired) electrons. The first-order valence-electron chi connectivity index (χ1n) is 9.07. The minimum Gasteiger partial charge on any atom is -0.497 e. The fourth-order valence-electron chi connectivity index (χ4n) is 2.40. The highest BCUT2D eigenvalue weighted by molar-refractivity contribution is 5.91. The van der Waals surface area contributed by atoms with Gasteiger partial charge in [0.15, 0.2) is 0 Å². The standard InChI is InChI=1S/C21H25NO7/c1-4-27-11-12-28-20(23)15-5-7-17(8-6-15)22-21(24)29-14-16-13-18(25-2)9-10-19(16)26-3/h5-10,13H,4,11-12,14H2,1-3H3,(H,22,24). The number of nitrogens with one attached hydrogen (secondary N) is 1. The van der Waals surface area contributed by atoms with E-state index in [0.717, 1.165) is 0 Å². The van der Waals surface area contributed by atoms with Gasteiger partial charge in [0, 0.05) is 17.9 Å². The molecule has 0 spiro atoms. The summed E-state index contributed by atoms with van der Waals surface area (Å²) >= 11 is 0. The van der Waals surface area contributed by atoms with E-state index in [-0.39, 0.29) is 13.2 Å². The van der Waals surface area contributed by atoms with Crippen LogP contribution in [0.2, 0.25) is 0 Å². The molecule has 0 saturated carbocycles. The second-order valence-electron chi connectivity index (χ2n) is 5.79. The van der Waals surface area contributed by atoms with Crippen molar-refractivity contribution in [1.82, 2.24) is 0 Å². The number of ether oxygens (including phenoxy) is 5. The minimum absolute atomic E-state index is 0.0104. The van der Waals surface area contributed by atoms with Crippen molar-refractivity contribution in [3.05, 3.63) is 53.6 Å². The van der Waals surface area contributed by atoms with Crippen LogP contribution in [-0.2, 0) is 20.8 Å². The molecule has 0 fully saturated rings. The van der Waals surface area contributed by atoms with Crippen LogP contribution in [0.1, 0.15) is 22.8 Å². The van der Waals surface area contributed by atoms with Crippen molar-refractivity contribution in [1.29, 1.82) is 0 Å². The average Bonchev–Trinajstić information content (AvgIpc) is 2.75. The lowest BCUT2D eigenvalue weighted by molar-refractivity contribution is 0.0335. The van der Waals surface area contributed by atoms with Gasteiger partial charge in [0.2, 0.25) is 0 Å². The molecular weight excluding hydrogens is 378 g/mol. The van der Waals surface area contributed by atoms with Gasteiger partial charge in [-0.15, -0.1) is 0 Å². The molecule has 0 aliphatic rings. The molecular formula is C21H25NO7. The zero-order chi connectivity index (χ0) is 21.1. The van der Waals surface area contributed by atoms with Crippen molar-refractivity contribution in [3.8, 4) is 11.5 Å². The summed E-state index contributed by atoms with van der Waals surface area (Å²) in [5, 5.41) is 2.60. The number of rotatable bonds is 10. The zero-order valence-corrected chi connectivity index (χ0v) is 16.7. The Morgan fingerprint density at radius 3 is 2.34 bits per heavy atom. The molecule has 2 rings (SSSR count). The van der Waals surface area contributed by atoms with Gasteiger partial charge in [-0.1, -0.05) is 0 Å². The Hall–Kier alpha value is -3.26. The Kier molecular flexibility index (Phi) is 8.78. The second kappa shape index (κ2) is 11.6. The minimum atomic E-state index is -0.637. The lowest BCUT2D eigenvalue weighted by Gasteiger charge is -2.12. The van der Waals surface area contributed by atoms with Gasteiger partial charge in [-0.25, -0.2) is 9.59 Å². The first-order valence-corrected chi connectivity index (χ1v) is 9.07. The van der Waals surface area contributed by atoms with E-state index >= 15 is 0 Å². The van der Waals surface area contributed by atoms with E-state index in [1.165, 1.54) is 7.11 Å².